The van der Waals surface area contributed by atoms with Crippen molar-refractivity contribution < 1.29 is 8.83 Å². The van der Waals surface area contributed by atoms with Crippen LogP contribution in [0.5, 0.6) is 0 Å². The SMILES string of the molecule is c1ccc(-c2nc(-c3cccc(-n4c5ccccc5c5ccccc54)c3)nc3c2oc2c3ccc3c4ccccc4oc32)cc1. The van der Waals surface area contributed by atoms with Crippen molar-refractivity contribution in [3.05, 3.63) is 140 Å². The van der Waals surface area contributed by atoms with Gasteiger partial charge in [-0.3, -0.25) is 0 Å². The lowest BCUT2D eigenvalue weighted by atomic mass is 10.1. The number of nitrogens with zero attached hydrogens (tertiary/aromatic N) is 3. The molecule has 0 aliphatic rings. The van der Waals surface area contributed by atoms with Gasteiger partial charge in [0.15, 0.2) is 22.6 Å². The molecule has 5 heteroatoms. The Kier molecular flexibility index (Phi) is 4.93. The minimum atomic E-state index is 0.636. The van der Waals surface area contributed by atoms with Crippen LogP contribution in [0.15, 0.2) is 148 Å². The van der Waals surface area contributed by atoms with Crippen LogP contribution in [0.4, 0.5) is 0 Å². The number of hydrogen-bond donors (Lipinski definition) is 0. The maximum Gasteiger partial charge on any atom is 0.180 e. The quantitative estimate of drug-likeness (QED) is 0.210. The highest BCUT2D eigenvalue weighted by atomic mass is 16.4. The standard InChI is InChI=1S/C40H23N3O2/c1-2-11-24(12-3-1)35-39-36(31-22-21-30-29-17-6-9-20-34(29)44-37(30)38(31)45-39)42-40(41-35)25-13-10-14-26(23-25)43-32-18-7-4-15-27(32)28-16-5-8-19-33(28)43/h1-23H. The van der Waals surface area contributed by atoms with Crippen molar-refractivity contribution in [1.29, 1.82) is 0 Å². The second-order valence-electron chi connectivity index (χ2n) is 11.4. The number of aromatic nitrogens is 3. The topological polar surface area (TPSA) is 57.0 Å². The highest BCUT2D eigenvalue weighted by molar-refractivity contribution is 6.19. The first-order chi connectivity index (χ1) is 22.3. The Morgan fingerprint density at radius 3 is 1.89 bits per heavy atom. The lowest BCUT2D eigenvalue weighted by molar-refractivity contribution is 0.633. The van der Waals surface area contributed by atoms with E-state index in [4.69, 9.17) is 18.8 Å². The van der Waals surface area contributed by atoms with E-state index in [2.05, 4.69) is 108 Å². The molecule has 10 rings (SSSR count). The van der Waals surface area contributed by atoms with Gasteiger partial charge in [-0.2, -0.15) is 0 Å². The predicted molar refractivity (Wildman–Crippen MR) is 182 cm³/mol. The van der Waals surface area contributed by atoms with E-state index in [1.54, 1.807) is 0 Å². The van der Waals surface area contributed by atoms with E-state index in [1.165, 1.54) is 10.8 Å². The first-order valence-corrected chi connectivity index (χ1v) is 15.0. The van der Waals surface area contributed by atoms with E-state index < -0.39 is 0 Å². The van der Waals surface area contributed by atoms with Gasteiger partial charge in [-0.1, -0.05) is 97.1 Å². The zero-order valence-electron chi connectivity index (χ0n) is 23.9. The van der Waals surface area contributed by atoms with Crippen molar-refractivity contribution in [2.24, 2.45) is 0 Å². The third-order valence-corrected chi connectivity index (χ3v) is 8.82. The molecule has 45 heavy (non-hydrogen) atoms. The molecule has 0 radical (unpaired) electrons. The van der Waals surface area contributed by atoms with Crippen LogP contribution in [0, 0.1) is 0 Å². The second-order valence-corrected chi connectivity index (χ2v) is 11.4. The summed E-state index contributed by atoms with van der Waals surface area (Å²) < 4.78 is 15.3. The van der Waals surface area contributed by atoms with Crippen molar-refractivity contribution >= 4 is 65.8 Å². The van der Waals surface area contributed by atoms with Crippen LogP contribution in [0.1, 0.15) is 0 Å². The molecule has 0 atom stereocenters. The summed E-state index contributed by atoms with van der Waals surface area (Å²) in [5, 5.41) is 5.43. The van der Waals surface area contributed by atoms with Crippen molar-refractivity contribution in [2.75, 3.05) is 0 Å². The largest absolute Gasteiger partial charge is 0.452 e. The smallest absolute Gasteiger partial charge is 0.180 e. The van der Waals surface area contributed by atoms with E-state index in [9.17, 15) is 0 Å². The van der Waals surface area contributed by atoms with Crippen LogP contribution in [-0.2, 0) is 0 Å². The number of rotatable bonds is 3. The van der Waals surface area contributed by atoms with E-state index in [1.807, 2.05) is 36.4 Å². The molecule has 6 aromatic carbocycles. The van der Waals surface area contributed by atoms with Crippen molar-refractivity contribution in [1.82, 2.24) is 14.5 Å². The summed E-state index contributed by atoms with van der Waals surface area (Å²) >= 11 is 0. The van der Waals surface area contributed by atoms with Gasteiger partial charge in [0.2, 0.25) is 0 Å². The molecule has 0 fully saturated rings. The summed E-state index contributed by atoms with van der Waals surface area (Å²) in [7, 11) is 0. The molecule has 4 aromatic heterocycles. The Bertz CT molecular complexity index is 2710. The van der Waals surface area contributed by atoms with Crippen LogP contribution < -0.4 is 0 Å². The third-order valence-electron chi connectivity index (χ3n) is 8.82. The number of furan rings is 2. The van der Waals surface area contributed by atoms with Crippen LogP contribution >= 0.6 is 0 Å². The monoisotopic (exact) mass is 577 g/mol. The molecule has 0 unspecified atom stereocenters. The van der Waals surface area contributed by atoms with Crippen molar-refractivity contribution in [2.45, 2.75) is 0 Å². The number of benzene rings is 6. The highest BCUT2D eigenvalue weighted by Gasteiger charge is 2.22. The Hall–Kier alpha value is -6.20. The molecule has 0 saturated carbocycles. The van der Waals surface area contributed by atoms with Gasteiger partial charge in [-0.25, -0.2) is 9.97 Å². The summed E-state index contributed by atoms with van der Waals surface area (Å²) in [5.41, 5.74) is 9.65. The number of fused-ring (bicyclic) bond motifs is 10. The van der Waals surface area contributed by atoms with Gasteiger partial charge in [-0.15, -0.1) is 0 Å². The normalized spacial score (nSPS) is 12.0. The maximum absolute atomic E-state index is 6.63. The van der Waals surface area contributed by atoms with E-state index in [0.29, 0.717) is 17.0 Å². The molecule has 0 bridgehead atoms. The Balaban J connectivity index is 1.25. The fraction of sp³-hybridized carbons (Fsp3) is 0. The zero-order valence-corrected chi connectivity index (χ0v) is 23.9. The first kappa shape index (κ1) is 24.3. The van der Waals surface area contributed by atoms with Gasteiger partial charge in [0.05, 0.1) is 16.4 Å². The van der Waals surface area contributed by atoms with E-state index in [0.717, 1.165) is 66.4 Å². The van der Waals surface area contributed by atoms with Crippen LogP contribution in [0.2, 0.25) is 0 Å². The molecule has 4 heterocycles. The molecule has 0 spiro atoms. The molecule has 0 N–H and O–H groups in total. The van der Waals surface area contributed by atoms with Crippen molar-refractivity contribution in [3.8, 4) is 28.3 Å². The molecular weight excluding hydrogens is 554 g/mol. The second kappa shape index (κ2) is 9.15. The maximum atomic E-state index is 6.63. The lowest BCUT2D eigenvalue weighted by Gasteiger charge is -2.10. The molecular formula is C40H23N3O2. The van der Waals surface area contributed by atoms with Gasteiger partial charge < -0.3 is 13.4 Å². The molecule has 10 aromatic rings. The summed E-state index contributed by atoms with van der Waals surface area (Å²) in [4.78, 5) is 10.3. The third kappa shape index (κ3) is 3.49. The molecule has 5 nitrogen and oxygen atoms in total. The molecule has 0 aliphatic heterocycles. The molecule has 210 valence electrons. The molecule has 0 amide bonds. The summed E-state index contributed by atoms with van der Waals surface area (Å²) in [6.07, 6.45) is 0. The number of para-hydroxylation sites is 3. The summed E-state index contributed by atoms with van der Waals surface area (Å²) in [6.45, 7) is 0. The lowest BCUT2D eigenvalue weighted by Crippen LogP contribution is -1.97. The van der Waals surface area contributed by atoms with Gasteiger partial charge in [0.1, 0.15) is 16.8 Å². The Labute approximate surface area is 256 Å². The van der Waals surface area contributed by atoms with Crippen molar-refractivity contribution in [3.63, 3.8) is 0 Å². The average molecular weight is 578 g/mol. The van der Waals surface area contributed by atoms with Crippen LogP contribution in [0.25, 0.3) is 94.1 Å². The Morgan fingerprint density at radius 1 is 0.444 bits per heavy atom. The average Bonchev–Trinajstić information content (AvgIpc) is 3.78. The van der Waals surface area contributed by atoms with E-state index in [-0.39, 0.29) is 0 Å². The summed E-state index contributed by atoms with van der Waals surface area (Å²) in [6, 6.07) is 48.0. The highest BCUT2D eigenvalue weighted by Crippen LogP contribution is 2.41. The summed E-state index contributed by atoms with van der Waals surface area (Å²) in [5.74, 6) is 0.636. The van der Waals surface area contributed by atoms with Crippen LogP contribution in [0.3, 0.4) is 0 Å². The van der Waals surface area contributed by atoms with Gasteiger partial charge in [0, 0.05) is 38.4 Å². The fourth-order valence-corrected chi connectivity index (χ4v) is 6.79. The van der Waals surface area contributed by atoms with E-state index >= 15 is 0 Å². The van der Waals surface area contributed by atoms with Gasteiger partial charge >= 0.3 is 0 Å². The first-order valence-electron chi connectivity index (χ1n) is 15.0. The number of hydrogen-bond acceptors (Lipinski definition) is 4. The Morgan fingerprint density at radius 2 is 1.09 bits per heavy atom. The van der Waals surface area contributed by atoms with Crippen LogP contribution in [-0.4, -0.2) is 14.5 Å². The molecule has 0 aliphatic carbocycles. The minimum absolute atomic E-state index is 0.636. The predicted octanol–water partition coefficient (Wildman–Crippen LogP) is 10.7. The minimum Gasteiger partial charge on any atom is -0.452 e. The molecule has 0 saturated heterocycles. The van der Waals surface area contributed by atoms with Gasteiger partial charge in [-0.05, 0) is 42.5 Å². The fourth-order valence-electron chi connectivity index (χ4n) is 6.79. The zero-order chi connectivity index (χ0) is 29.5. The van der Waals surface area contributed by atoms with Gasteiger partial charge in [0.25, 0.3) is 0 Å².